The van der Waals surface area contributed by atoms with E-state index in [1.165, 1.54) is 11.0 Å². The van der Waals surface area contributed by atoms with Gasteiger partial charge in [-0.05, 0) is 39.2 Å². The molecule has 0 N–H and O–H groups in total. The fourth-order valence-electron chi connectivity index (χ4n) is 3.61. The predicted molar refractivity (Wildman–Crippen MR) is 126 cm³/mol. The van der Waals surface area contributed by atoms with E-state index in [4.69, 9.17) is 0 Å². The van der Waals surface area contributed by atoms with Crippen LogP contribution in [0.25, 0.3) is 0 Å². The Labute approximate surface area is 203 Å². The van der Waals surface area contributed by atoms with Gasteiger partial charge in [0.15, 0.2) is 9.84 Å². The molecule has 0 fully saturated rings. The fraction of sp³-hybridized carbons (Fsp3) is 0.684. The van der Waals surface area contributed by atoms with Gasteiger partial charge in [-0.3, -0.25) is 4.79 Å². The molecular formula is C19H30N4O8S3. The molecule has 0 saturated heterocycles. The van der Waals surface area contributed by atoms with Crippen molar-refractivity contribution < 1.29 is 31.6 Å². The Balaban J connectivity index is 2.28. The van der Waals surface area contributed by atoms with Gasteiger partial charge in [0.25, 0.3) is 15.1 Å². The molecule has 0 radical (unpaired) electrons. The summed E-state index contributed by atoms with van der Waals surface area (Å²) in [5.74, 6) is -0.193. The van der Waals surface area contributed by atoms with E-state index in [9.17, 15) is 31.7 Å². The third kappa shape index (κ3) is 6.66. The van der Waals surface area contributed by atoms with Gasteiger partial charge in [-0.2, -0.15) is 8.42 Å². The summed E-state index contributed by atoms with van der Waals surface area (Å²) in [5, 5.41) is 8.53. The van der Waals surface area contributed by atoms with Crippen LogP contribution in [-0.4, -0.2) is 76.5 Å². The lowest BCUT2D eigenvalue weighted by Crippen LogP contribution is -2.40. The highest BCUT2D eigenvalue weighted by Crippen LogP contribution is 2.45. The van der Waals surface area contributed by atoms with Crippen LogP contribution in [0.5, 0.6) is 0 Å². The Morgan fingerprint density at radius 2 is 2.03 bits per heavy atom. The Morgan fingerprint density at radius 3 is 2.62 bits per heavy atom. The first kappa shape index (κ1) is 28.0. The molecule has 2 atom stereocenters. The lowest BCUT2D eigenvalue weighted by molar-refractivity contribution is -0.757. The van der Waals surface area contributed by atoms with Crippen LogP contribution < -0.4 is 0 Å². The van der Waals surface area contributed by atoms with Gasteiger partial charge < -0.3 is 14.6 Å². The topological polar surface area (TPSA) is 157 Å². The van der Waals surface area contributed by atoms with Crippen molar-refractivity contribution in [2.75, 3.05) is 27.2 Å². The molecule has 0 aliphatic carbocycles. The van der Waals surface area contributed by atoms with Gasteiger partial charge in [-0.15, -0.1) is 25.8 Å². The minimum absolute atomic E-state index is 0.0392. The Hall–Kier alpha value is -2.26. The van der Waals surface area contributed by atoms with Gasteiger partial charge in [0.2, 0.25) is 5.91 Å². The van der Waals surface area contributed by atoms with Gasteiger partial charge in [-0.1, -0.05) is 6.42 Å². The van der Waals surface area contributed by atoms with E-state index >= 15 is 0 Å². The summed E-state index contributed by atoms with van der Waals surface area (Å²) >= 11 is 0.662. The molecule has 12 nitrogen and oxygen atoms in total. The molecule has 34 heavy (non-hydrogen) atoms. The van der Waals surface area contributed by atoms with E-state index in [-0.39, 0.29) is 33.8 Å². The molecule has 0 bridgehead atoms. The molecule has 15 heteroatoms. The van der Waals surface area contributed by atoms with Gasteiger partial charge >= 0.3 is 0 Å². The highest BCUT2D eigenvalue weighted by molar-refractivity contribution is 7.96. The van der Waals surface area contributed by atoms with E-state index in [1.54, 1.807) is 32.8 Å². The highest BCUT2D eigenvalue weighted by atomic mass is 32.3. The molecule has 1 aliphatic rings. The average molecular weight is 539 g/mol. The lowest BCUT2D eigenvalue weighted by Gasteiger charge is -2.36. The molecule has 1 aromatic rings. The molecular weight excluding hydrogens is 508 g/mol. The summed E-state index contributed by atoms with van der Waals surface area (Å²) in [5.41, 5.74) is 0.302. The molecule has 2 rings (SSSR count). The molecule has 0 spiro atoms. The first-order chi connectivity index (χ1) is 15.8. The van der Waals surface area contributed by atoms with Crippen molar-refractivity contribution in [3.8, 4) is 0 Å². The number of amides is 1. The number of rotatable bonds is 12. The highest BCUT2D eigenvalue weighted by Gasteiger charge is 2.42. The number of hydrogen-bond acceptors (Lipinski definition) is 9. The number of carbonyl (C=O) groups is 1. The summed E-state index contributed by atoms with van der Waals surface area (Å²) in [6.07, 6.45) is 2.95. The molecule has 1 aromatic heterocycles. The van der Waals surface area contributed by atoms with E-state index in [1.807, 2.05) is 0 Å². The van der Waals surface area contributed by atoms with Crippen LogP contribution in [0.2, 0.25) is 0 Å². The second-order valence-electron chi connectivity index (χ2n) is 8.12. The molecule has 0 saturated carbocycles. The number of fused-ring (bicyclic) bond motifs is 1. The standard InChI is InChI=1S/C19H30N4O8S3/c1-5-22(17(24)9-7-6-8-10-31-23(25)26)16-11-14(2)33(27,28)19-15(16)12-18(32-19)34(29,30)20-13-21(3)4/h12-14,16H,5-11H2,1-4H3/b20-13+. The number of thiophene rings is 1. The molecule has 1 amide bonds. The van der Waals surface area contributed by atoms with Crippen LogP contribution in [0.4, 0.5) is 0 Å². The average Bonchev–Trinajstić information content (AvgIpc) is 3.21. The van der Waals surface area contributed by atoms with Gasteiger partial charge in [0, 0.05) is 32.6 Å². The predicted octanol–water partition coefficient (Wildman–Crippen LogP) is 2.25. The van der Waals surface area contributed by atoms with Crippen LogP contribution in [-0.2, 0) is 29.5 Å². The van der Waals surface area contributed by atoms with Gasteiger partial charge in [0.1, 0.15) is 14.8 Å². The van der Waals surface area contributed by atoms with Crippen molar-refractivity contribution in [2.45, 2.75) is 65.7 Å². The van der Waals surface area contributed by atoms with Gasteiger partial charge in [-0.25, -0.2) is 8.42 Å². The third-order valence-electron chi connectivity index (χ3n) is 5.34. The Morgan fingerprint density at radius 1 is 1.35 bits per heavy atom. The largest absolute Gasteiger partial charge is 0.368 e. The normalized spacial score (nSPS) is 19.5. The SMILES string of the molecule is CCN(C(=O)CCCCCO[N+](=O)[O-])C1CC(C)S(=O)(=O)c2sc(S(=O)(=O)/N=C/N(C)C)cc21. The lowest BCUT2D eigenvalue weighted by atomic mass is 10.0. The smallest absolute Gasteiger partial charge is 0.294 e. The quantitative estimate of drug-likeness (QED) is 0.128. The van der Waals surface area contributed by atoms with E-state index < -0.39 is 36.2 Å². The minimum Gasteiger partial charge on any atom is -0.368 e. The van der Waals surface area contributed by atoms with Crippen molar-refractivity contribution in [1.82, 2.24) is 9.80 Å². The molecule has 192 valence electrons. The molecule has 0 aromatic carbocycles. The maximum atomic E-state index is 13.0. The van der Waals surface area contributed by atoms with Crippen LogP contribution in [0.15, 0.2) is 18.9 Å². The number of hydrogen-bond donors (Lipinski definition) is 0. The maximum absolute atomic E-state index is 13.0. The second kappa shape index (κ2) is 11.4. The number of carbonyl (C=O) groups excluding carboxylic acids is 1. The summed E-state index contributed by atoms with van der Waals surface area (Å²) in [6.45, 7) is 3.61. The minimum atomic E-state index is -4.10. The summed E-state index contributed by atoms with van der Waals surface area (Å²) in [4.78, 5) is 30.4. The van der Waals surface area contributed by atoms with E-state index in [0.29, 0.717) is 42.7 Å². The van der Waals surface area contributed by atoms with Crippen LogP contribution >= 0.6 is 11.3 Å². The van der Waals surface area contributed by atoms with Crippen LogP contribution in [0, 0.1) is 10.1 Å². The third-order valence-corrected chi connectivity index (χ3v) is 10.9. The Bertz CT molecular complexity index is 1130. The van der Waals surface area contributed by atoms with Gasteiger partial charge in [0.05, 0.1) is 17.9 Å². The summed E-state index contributed by atoms with van der Waals surface area (Å²) in [6, 6.07) is 0.739. The number of unbranched alkanes of at least 4 members (excludes halogenated alkanes) is 2. The number of nitrogens with zero attached hydrogens (tertiary/aromatic N) is 4. The fourth-order valence-corrected chi connectivity index (χ4v) is 8.49. The van der Waals surface area contributed by atoms with Crippen molar-refractivity contribution in [2.24, 2.45) is 4.40 Å². The molecule has 2 unspecified atom stereocenters. The summed E-state index contributed by atoms with van der Waals surface area (Å²) < 4.78 is 54.6. The Kier molecular flexibility index (Phi) is 9.42. The zero-order valence-electron chi connectivity index (χ0n) is 19.5. The number of sulfonamides is 1. The van der Waals surface area contributed by atoms with Crippen LogP contribution in [0.1, 0.15) is 57.6 Å². The zero-order valence-corrected chi connectivity index (χ0v) is 22.0. The van der Waals surface area contributed by atoms with Crippen molar-refractivity contribution in [1.29, 1.82) is 0 Å². The van der Waals surface area contributed by atoms with Crippen LogP contribution in [0.3, 0.4) is 0 Å². The molecule has 1 aliphatic heterocycles. The van der Waals surface area contributed by atoms with E-state index in [2.05, 4.69) is 9.24 Å². The monoisotopic (exact) mass is 538 g/mol. The number of sulfone groups is 1. The molecule has 2 heterocycles. The zero-order chi connectivity index (χ0) is 25.7. The summed E-state index contributed by atoms with van der Waals surface area (Å²) in [7, 11) is -4.62. The maximum Gasteiger partial charge on any atom is 0.294 e. The first-order valence-corrected chi connectivity index (χ1v) is 14.5. The van der Waals surface area contributed by atoms with E-state index in [0.717, 1.165) is 6.34 Å². The first-order valence-electron chi connectivity index (χ1n) is 10.7. The van der Waals surface area contributed by atoms with Crippen molar-refractivity contribution in [3.05, 3.63) is 21.7 Å². The second-order valence-corrected chi connectivity index (χ2v) is 13.6. The van der Waals surface area contributed by atoms with Crippen molar-refractivity contribution in [3.63, 3.8) is 0 Å². The van der Waals surface area contributed by atoms with Crippen molar-refractivity contribution >= 4 is 43.4 Å².